The number of hydrogen-bond donors (Lipinski definition) is 0. The lowest BCUT2D eigenvalue weighted by atomic mass is 10.3. The van der Waals surface area contributed by atoms with E-state index in [4.69, 9.17) is 11.6 Å². The van der Waals surface area contributed by atoms with Crippen molar-refractivity contribution in [3.8, 4) is 5.69 Å². The van der Waals surface area contributed by atoms with E-state index < -0.39 is 0 Å². The lowest BCUT2D eigenvalue weighted by Crippen LogP contribution is -2.00. The van der Waals surface area contributed by atoms with Crippen molar-refractivity contribution < 1.29 is 0 Å². The van der Waals surface area contributed by atoms with Crippen LogP contribution in [0.4, 0.5) is 0 Å². The Morgan fingerprint density at radius 2 is 2.13 bits per heavy atom. The lowest BCUT2D eigenvalue weighted by molar-refractivity contribution is 0.829. The topological polar surface area (TPSA) is 30.7 Å². The van der Waals surface area contributed by atoms with Crippen LogP contribution in [0.25, 0.3) is 5.69 Å². The molecule has 0 N–H and O–H groups in total. The summed E-state index contributed by atoms with van der Waals surface area (Å²) in [4.78, 5) is 4.15. The van der Waals surface area contributed by atoms with Gasteiger partial charge in [0, 0.05) is 11.9 Å². The quantitative estimate of drug-likeness (QED) is 0.730. The van der Waals surface area contributed by atoms with Crippen LogP contribution in [0, 0.1) is 13.8 Å². The number of nitrogens with zero attached hydrogens (tertiary/aromatic N) is 3. The van der Waals surface area contributed by atoms with Crippen LogP contribution < -0.4 is 0 Å². The number of halogens is 1. The van der Waals surface area contributed by atoms with Crippen LogP contribution in [-0.2, 0) is 5.88 Å². The summed E-state index contributed by atoms with van der Waals surface area (Å²) >= 11 is 5.74. The van der Waals surface area contributed by atoms with Gasteiger partial charge in [-0.1, -0.05) is 0 Å². The smallest absolute Gasteiger partial charge is 0.0682 e. The standard InChI is InChI=1S/C11H12ClN3/c1-8-5-9(2)15(14-8)11-3-4-13-10(6-11)7-12/h3-6H,7H2,1-2H3. The minimum absolute atomic E-state index is 0.424. The molecule has 0 fully saturated rings. The zero-order valence-corrected chi connectivity index (χ0v) is 9.49. The highest BCUT2D eigenvalue weighted by atomic mass is 35.5. The Kier molecular flexibility index (Phi) is 2.73. The van der Waals surface area contributed by atoms with Crippen LogP contribution in [0.5, 0.6) is 0 Å². The zero-order valence-electron chi connectivity index (χ0n) is 8.74. The van der Waals surface area contributed by atoms with E-state index in [2.05, 4.69) is 10.1 Å². The van der Waals surface area contributed by atoms with Crippen LogP contribution in [0.1, 0.15) is 17.1 Å². The van der Waals surface area contributed by atoms with E-state index in [0.29, 0.717) is 5.88 Å². The van der Waals surface area contributed by atoms with Crippen molar-refractivity contribution in [2.45, 2.75) is 19.7 Å². The third-order valence-corrected chi connectivity index (χ3v) is 2.47. The van der Waals surface area contributed by atoms with Gasteiger partial charge in [-0.05, 0) is 32.0 Å². The first-order valence-corrected chi connectivity index (χ1v) is 5.28. The predicted octanol–water partition coefficient (Wildman–Crippen LogP) is 2.62. The molecule has 0 atom stereocenters. The molecule has 0 saturated heterocycles. The van der Waals surface area contributed by atoms with Gasteiger partial charge in [0.1, 0.15) is 0 Å². The Morgan fingerprint density at radius 1 is 1.33 bits per heavy atom. The molecule has 0 aromatic carbocycles. The first-order chi connectivity index (χ1) is 7.20. The molecule has 0 radical (unpaired) electrons. The van der Waals surface area contributed by atoms with Crippen LogP contribution in [0.3, 0.4) is 0 Å². The summed E-state index contributed by atoms with van der Waals surface area (Å²) in [7, 11) is 0. The molecular weight excluding hydrogens is 210 g/mol. The second-order valence-corrected chi connectivity index (χ2v) is 3.75. The molecule has 0 amide bonds. The van der Waals surface area contributed by atoms with Gasteiger partial charge in [-0.3, -0.25) is 4.98 Å². The maximum atomic E-state index is 5.74. The van der Waals surface area contributed by atoms with Crippen LogP contribution >= 0.6 is 11.6 Å². The van der Waals surface area contributed by atoms with Gasteiger partial charge in [-0.2, -0.15) is 5.10 Å². The fourth-order valence-electron chi connectivity index (χ4n) is 1.56. The first-order valence-electron chi connectivity index (χ1n) is 4.75. The molecule has 2 rings (SSSR count). The molecule has 0 spiro atoms. The molecule has 4 heteroatoms. The summed E-state index contributed by atoms with van der Waals surface area (Å²) in [5.41, 5.74) is 3.99. The summed E-state index contributed by atoms with van der Waals surface area (Å²) in [6, 6.07) is 5.92. The molecule has 2 heterocycles. The van der Waals surface area contributed by atoms with E-state index in [-0.39, 0.29) is 0 Å². The van der Waals surface area contributed by atoms with Crippen LogP contribution in [-0.4, -0.2) is 14.8 Å². The molecule has 0 aliphatic carbocycles. The van der Waals surface area contributed by atoms with Gasteiger partial charge >= 0.3 is 0 Å². The maximum absolute atomic E-state index is 5.74. The van der Waals surface area contributed by atoms with Crippen molar-refractivity contribution >= 4 is 11.6 Å². The lowest BCUT2D eigenvalue weighted by Gasteiger charge is -2.04. The minimum atomic E-state index is 0.424. The number of hydrogen-bond acceptors (Lipinski definition) is 2. The Labute approximate surface area is 93.7 Å². The van der Waals surface area contributed by atoms with Crippen molar-refractivity contribution in [1.29, 1.82) is 0 Å². The number of rotatable bonds is 2. The van der Waals surface area contributed by atoms with Gasteiger partial charge in [0.15, 0.2) is 0 Å². The largest absolute Gasteiger partial charge is 0.260 e. The highest BCUT2D eigenvalue weighted by Crippen LogP contribution is 2.12. The molecule has 2 aromatic rings. The summed E-state index contributed by atoms with van der Waals surface area (Å²) in [5.74, 6) is 0.424. The third kappa shape index (κ3) is 2.02. The molecule has 15 heavy (non-hydrogen) atoms. The van der Waals surface area contributed by atoms with Gasteiger partial charge < -0.3 is 0 Å². The normalized spacial score (nSPS) is 10.6. The van der Waals surface area contributed by atoms with E-state index in [1.165, 1.54) is 0 Å². The average Bonchev–Trinajstić information content (AvgIpc) is 2.58. The van der Waals surface area contributed by atoms with Gasteiger partial charge in [-0.15, -0.1) is 11.6 Å². The summed E-state index contributed by atoms with van der Waals surface area (Å²) in [6.45, 7) is 4.01. The zero-order chi connectivity index (χ0) is 10.8. The Hall–Kier alpha value is -1.35. The molecule has 0 bridgehead atoms. The van der Waals surface area contributed by atoms with Gasteiger partial charge in [-0.25, -0.2) is 4.68 Å². The van der Waals surface area contributed by atoms with Crippen molar-refractivity contribution in [3.63, 3.8) is 0 Å². The van der Waals surface area contributed by atoms with Crippen LogP contribution in [0.15, 0.2) is 24.4 Å². The van der Waals surface area contributed by atoms with Gasteiger partial charge in [0.2, 0.25) is 0 Å². The second-order valence-electron chi connectivity index (χ2n) is 3.48. The van der Waals surface area contributed by atoms with Crippen molar-refractivity contribution in [1.82, 2.24) is 14.8 Å². The Balaban J connectivity index is 2.49. The highest BCUT2D eigenvalue weighted by Gasteiger charge is 2.04. The van der Waals surface area contributed by atoms with E-state index in [9.17, 15) is 0 Å². The molecule has 0 aliphatic heterocycles. The van der Waals surface area contributed by atoms with E-state index in [0.717, 1.165) is 22.8 Å². The van der Waals surface area contributed by atoms with Crippen molar-refractivity contribution in [3.05, 3.63) is 41.5 Å². The summed E-state index contributed by atoms with van der Waals surface area (Å²) in [5, 5.41) is 4.40. The monoisotopic (exact) mass is 221 g/mol. The van der Waals surface area contributed by atoms with E-state index >= 15 is 0 Å². The fourth-order valence-corrected chi connectivity index (χ4v) is 1.71. The molecule has 0 aliphatic rings. The second kappa shape index (κ2) is 4.03. The minimum Gasteiger partial charge on any atom is -0.260 e. The van der Waals surface area contributed by atoms with Crippen molar-refractivity contribution in [2.75, 3.05) is 0 Å². The first kappa shape index (κ1) is 10.2. The third-order valence-electron chi connectivity index (χ3n) is 2.19. The molecule has 0 saturated carbocycles. The number of alkyl halides is 1. The number of aromatic nitrogens is 3. The van der Waals surface area contributed by atoms with E-state index in [1.54, 1.807) is 6.20 Å². The molecular formula is C11H12ClN3. The predicted molar refractivity (Wildman–Crippen MR) is 60.4 cm³/mol. The average molecular weight is 222 g/mol. The van der Waals surface area contributed by atoms with Gasteiger partial charge in [0.25, 0.3) is 0 Å². The van der Waals surface area contributed by atoms with Gasteiger partial charge in [0.05, 0.1) is 23.0 Å². The SMILES string of the molecule is Cc1cc(C)n(-c2ccnc(CCl)c2)n1. The maximum Gasteiger partial charge on any atom is 0.0682 e. The Bertz CT molecular complexity index is 476. The molecule has 3 nitrogen and oxygen atoms in total. The fraction of sp³-hybridized carbons (Fsp3) is 0.273. The highest BCUT2D eigenvalue weighted by molar-refractivity contribution is 6.16. The summed E-state index contributed by atoms with van der Waals surface area (Å²) in [6.07, 6.45) is 1.75. The van der Waals surface area contributed by atoms with Crippen molar-refractivity contribution in [2.24, 2.45) is 0 Å². The Morgan fingerprint density at radius 3 is 2.73 bits per heavy atom. The molecule has 78 valence electrons. The summed E-state index contributed by atoms with van der Waals surface area (Å²) < 4.78 is 1.90. The van der Waals surface area contributed by atoms with Crippen LogP contribution in [0.2, 0.25) is 0 Å². The number of aryl methyl sites for hydroxylation is 2. The molecule has 2 aromatic heterocycles. The number of pyridine rings is 1. The van der Waals surface area contributed by atoms with E-state index in [1.807, 2.05) is 36.7 Å². The molecule has 0 unspecified atom stereocenters.